The summed E-state index contributed by atoms with van der Waals surface area (Å²) < 4.78 is 1.56. The smallest absolute Gasteiger partial charge is 0.293 e. The second-order valence-electron chi connectivity index (χ2n) is 4.54. The molecule has 0 aromatic carbocycles. The quantitative estimate of drug-likeness (QED) is 0.724. The highest BCUT2D eigenvalue weighted by molar-refractivity contribution is 5.36. The lowest BCUT2D eigenvalue weighted by Gasteiger charge is -2.35. The zero-order valence-electron chi connectivity index (χ0n) is 9.76. The lowest BCUT2D eigenvalue weighted by atomic mass is 9.95. The third-order valence-corrected chi connectivity index (χ3v) is 3.27. The molecule has 2 N–H and O–H groups in total. The highest BCUT2D eigenvalue weighted by Gasteiger charge is 2.25. The number of hydrogen-bond acceptors (Lipinski definition) is 4. The Balaban J connectivity index is 2.25. The molecule has 2 rings (SSSR count). The van der Waals surface area contributed by atoms with Gasteiger partial charge >= 0.3 is 0 Å². The Bertz CT molecular complexity index is 428. The van der Waals surface area contributed by atoms with Crippen LogP contribution in [-0.4, -0.2) is 28.7 Å². The van der Waals surface area contributed by atoms with E-state index in [-0.39, 0.29) is 11.6 Å². The van der Waals surface area contributed by atoms with E-state index < -0.39 is 0 Å². The molecule has 5 heteroatoms. The molecule has 16 heavy (non-hydrogen) atoms. The summed E-state index contributed by atoms with van der Waals surface area (Å²) in [6, 6.07) is 0.240. The molecule has 1 aromatic heterocycles. The maximum atomic E-state index is 11.9. The topological polar surface area (TPSA) is 64.2 Å². The van der Waals surface area contributed by atoms with E-state index in [4.69, 9.17) is 5.73 Å². The minimum Gasteiger partial charge on any atom is -0.352 e. The van der Waals surface area contributed by atoms with E-state index in [1.165, 1.54) is 0 Å². The van der Waals surface area contributed by atoms with Gasteiger partial charge in [0.15, 0.2) is 5.82 Å². The summed E-state index contributed by atoms with van der Waals surface area (Å²) in [7, 11) is 1.74. The summed E-state index contributed by atoms with van der Waals surface area (Å²) in [5.41, 5.74) is 5.92. The van der Waals surface area contributed by atoms with Crippen molar-refractivity contribution >= 4 is 5.82 Å². The van der Waals surface area contributed by atoms with Gasteiger partial charge in [0.2, 0.25) is 0 Å². The van der Waals surface area contributed by atoms with Gasteiger partial charge in [-0.3, -0.25) is 4.79 Å². The van der Waals surface area contributed by atoms with Crippen LogP contribution in [0.5, 0.6) is 0 Å². The summed E-state index contributed by atoms with van der Waals surface area (Å²) in [5, 5.41) is 0. The Morgan fingerprint density at radius 3 is 3.00 bits per heavy atom. The van der Waals surface area contributed by atoms with Gasteiger partial charge in [-0.15, -0.1) is 0 Å². The molecule has 0 bridgehead atoms. The lowest BCUT2D eigenvalue weighted by molar-refractivity contribution is 0.380. The van der Waals surface area contributed by atoms with E-state index in [1.54, 1.807) is 24.0 Å². The number of nitrogens with two attached hydrogens (primary N) is 1. The Morgan fingerprint density at radius 1 is 1.56 bits per heavy atom. The zero-order chi connectivity index (χ0) is 11.7. The van der Waals surface area contributed by atoms with Gasteiger partial charge < -0.3 is 15.2 Å². The van der Waals surface area contributed by atoms with E-state index in [0.717, 1.165) is 19.5 Å². The summed E-state index contributed by atoms with van der Waals surface area (Å²) in [6.45, 7) is 3.75. The maximum Gasteiger partial charge on any atom is 0.293 e. The minimum atomic E-state index is -0.0369. The van der Waals surface area contributed by atoms with Crippen LogP contribution in [0, 0.1) is 5.92 Å². The first-order chi connectivity index (χ1) is 7.59. The second-order valence-corrected chi connectivity index (χ2v) is 4.54. The molecule has 2 atom stereocenters. The van der Waals surface area contributed by atoms with Crippen LogP contribution >= 0.6 is 0 Å². The van der Waals surface area contributed by atoms with Crippen molar-refractivity contribution in [2.24, 2.45) is 18.7 Å². The predicted molar refractivity (Wildman–Crippen MR) is 63.4 cm³/mol. The number of rotatable bonds is 1. The van der Waals surface area contributed by atoms with E-state index in [0.29, 0.717) is 11.7 Å². The number of hydrogen-bond donors (Lipinski definition) is 1. The van der Waals surface area contributed by atoms with E-state index in [1.807, 2.05) is 4.90 Å². The van der Waals surface area contributed by atoms with Crippen molar-refractivity contribution in [1.82, 2.24) is 9.55 Å². The third kappa shape index (κ3) is 1.95. The fraction of sp³-hybridized carbons (Fsp3) is 0.636. The van der Waals surface area contributed by atoms with Crippen molar-refractivity contribution in [1.29, 1.82) is 0 Å². The van der Waals surface area contributed by atoms with Gasteiger partial charge in [-0.1, -0.05) is 6.92 Å². The van der Waals surface area contributed by atoms with Crippen molar-refractivity contribution in [3.05, 3.63) is 22.7 Å². The molecular formula is C11H18N4O. The first-order valence-corrected chi connectivity index (χ1v) is 5.61. The summed E-state index contributed by atoms with van der Waals surface area (Å²) in [4.78, 5) is 18.1. The monoisotopic (exact) mass is 222 g/mol. The third-order valence-electron chi connectivity index (χ3n) is 3.27. The Hall–Kier alpha value is -1.36. The standard InChI is InChI=1S/C11H18N4O/c1-8-7-15(5-3-9(8)12)10-11(16)14(2)6-4-13-10/h4,6,8-9H,3,5,7,12H2,1-2H3. The number of aromatic nitrogens is 2. The highest BCUT2D eigenvalue weighted by Crippen LogP contribution is 2.17. The molecule has 2 unspecified atom stereocenters. The van der Waals surface area contributed by atoms with Crippen LogP contribution in [0.25, 0.3) is 0 Å². The summed E-state index contributed by atoms with van der Waals surface area (Å²) in [6.07, 6.45) is 4.25. The molecule has 1 fully saturated rings. The average molecular weight is 222 g/mol. The lowest BCUT2D eigenvalue weighted by Crippen LogP contribution is -2.48. The Labute approximate surface area is 94.9 Å². The molecule has 0 radical (unpaired) electrons. The summed E-state index contributed by atoms with van der Waals surface area (Å²) in [5.74, 6) is 0.948. The van der Waals surface area contributed by atoms with Crippen LogP contribution in [0.3, 0.4) is 0 Å². The zero-order valence-corrected chi connectivity index (χ0v) is 9.76. The van der Waals surface area contributed by atoms with Crippen LogP contribution in [-0.2, 0) is 7.05 Å². The second kappa shape index (κ2) is 4.25. The molecule has 1 aliphatic rings. The molecule has 0 spiro atoms. The van der Waals surface area contributed by atoms with E-state index in [9.17, 15) is 4.79 Å². The van der Waals surface area contributed by atoms with E-state index in [2.05, 4.69) is 11.9 Å². The van der Waals surface area contributed by atoms with Crippen molar-refractivity contribution < 1.29 is 0 Å². The Morgan fingerprint density at radius 2 is 2.31 bits per heavy atom. The molecule has 0 aliphatic carbocycles. The highest BCUT2D eigenvalue weighted by atomic mass is 16.1. The van der Waals surface area contributed by atoms with Crippen molar-refractivity contribution in [2.75, 3.05) is 18.0 Å². The molecule has 1 aliphatic heterocycles. The number of piperidine rings is 1. The number of nitrogens with zero attached hydrogens (tertiary/aromatic N) is 3. The van der Waals surface area contributed by atoms with Crippen LogP contribution in [0.15, 0.2) is 17.2 Å². The fourth-order valence-electron chi connectivity index (χ4n) is 2.06. The normalized spacial score (nSPS) is 25.8. The summed E-state index contributed by atoms with van der Waals surface area (Å²) >= 11 is 0. The van der Waals surface area contributed by atoms with Gasteiger partial charge in [0, 0.05) is 38.6 Å². The maximum absolute atomic E-state index is 11.9. The largest absolute Gasteiger partial charge is 0.352 e. The first kappa shape index (κ1) is 11.1. The molecule has 1 saturated heterocycles. The van der Waals surface area contributed by atoms with Crippen LogP contribution in [0.1, 0.15) is 13.3 Å². The van der Waals surface area contributed by atoms with Gasteiger partial charge in [-0.25, -0.2) is 4.98 Å². The van der Waals surface area contributed by atoms with Crippen LogP contribution in [0.2, 0.25) is 0 Å². The van der Waals surface area contributed by atoms with Crippen LogP contribution in [0.4, 0.5) is 5.82 Å². The number of anilines is 1. The Kier molecular flexibility index (Phi) is 2.96. The molecule has 88 valence electrons. The molecule has 1 aromatic rings. The molecular weight excluding hydrogens is 204 g/mol. The van der Waals surface area contributed by atoms with Gasteiger partial charge in [-0.05, 0) is 12.3 Å². The van der Waals surface area contributed by atoms with Gasteiger partial charge in [0.25, 0.3) is 5.56 Å². The molecule has 2 heterocycles. The fourth-order valence-corrected chi connectivity index (χ4v) is 2.06. The van der Waals surface area contributed by atoms with Crippen LogP contribution < -0.4 is 16.2 Å². The van der Waals surface area contributed by atoms with Gasteiger partial charge in [-0.2, -0.15) is 0 Å². The average Bonchev–Trinajstić information content (AvgIpc) is 2.26. The van der Waals surface area contributed by atoms with Gasteiger partial charge in [0.1, 0.15) is 0 Å². The van der Waals surface area contributed by atoms with Crippen molar-refractivity contribution in [3.8, 4) is 0 Å². The molecule has 5 nitrogen and oxygen atoms in total. The SMILES string of the molecule is CC1CN(c2nccn(C)c2=O)CCC1N. The van der Waals surface area contributed by atoms with Crippen molar-refractivity contribution in [2.45, 2.75) is 19.4 Å². The molecule has 0 saturated carbocycles. The van der Waals surface area contributed by atoms with Gasteiger partial charge in [0.05, 0.1) is 0 Å². The molecule has 0 amide bonds. The number of aryl methyl sites for hydroxylation is 1. The first-order valence-electron chi connectivity index (χ1n) is 5.61. The minimum absolute atomic E-state index is 0.0369. The van der Waals surface area contributed by atoms with E-state index >= 15 is 0 Å². The predicted octanol–water partition coefficient (Wildman–Crippen LogP) is -0.0462. The van der Waals surface area contributed by atoms with Crippen molar-refractivity contribution in [3.63, 3.8) is 0 Å².